The Morgan fingerprint density at radius 2 is 2.15 bits per heavy atom. The van der Waals surface area contributed by atoms with Crippen LogP contribution in [0.2, 0.25) is 0 Å². The molecule has 186 valence electrons. The summed E-state index contributed by atoms with van der Waals surface area (Å²) >= 11 is 5.77. The second kappa shape index (κ2) is 12.5. The maximum Gasteiger partial charge on any atom is 0.253 e. The first-order valence-electron chi connectivity index (χ1n) is 12.4. The third-order valence-corrected chi connectivity index (χ3v) is 6.77. The van der Waals surface area contributed by atoms with E-state index in [9.17, 15) is 4.79 Å². The van der Waals surface area contributed by atoms with E-state index in [2.05, 4.69) is 20.1 Å². The smallest absolute Gasteiger partial charge is 0.253 e. The molecule has 2 aliphatic heterocycles. The fourth-order valence-corrected chi connectivity index (χ4v) is 4.73. The highest BCUT2D eigenvalue weighted by atomic mass is 32.1. The number of H-pyrrole nitrogens is 1. The molecule has 2 aromatic rings. The van der Waals surface area contributed by atoms with Crippen LogP contribution < -0.4 is 15.6 Å². The first kappa shape index (κ1) is 24.9. The molecule has 1 aromatic carbocycles. The molecule has 4 rings (SSSR count). The van der Waals surface area contributed by atoms with E-state index >= 15 is 0 Å². The van der Waals surface area contributed by atoms with Gasteiger partial charge < -0.3 is 29.4 Å². The minimum atomic E-state index is -0.0863. The highest BCUT2D eigenvalue weighted by molar-refractivity contribution is 7.80. The van der Waals surface area contributed by atoms with E-state index < -0.39 is 0 Å². The summed E-state index contributed by atoms with van der Waals surface area (Å²) in [4.78, 5) is 20.4. The minimum absolute atomic E-state index is 0.0863. The van der Waals surface area contributed by atoms with Crippen molar-refractivity contribution >= 4 is 28.2 Å². The first-order valence-corrected chi connectivity index (χ1v) is 12.8. The summed E-state index contributed by atoms with van der Waals surface area (Å²) in [5, 5.41) is 5.00. The number of benzene rings is 1. The Bertz CT molecular complexity index is 1000. The van der Waals surface area contributed by atoms with Crippen molar-refractivity contribution in [2.24, 2.45) is 0 Å². The van der Waals surface area contributed by atoms with Crippen LogP contribution in [-0.4, -0.2) is 85.2 Å². The number of nitrogens with one attached hydrogen (secondary N) is 2. The van der Waals surface area contributed by atoms with Gasteiger partial charge in [0.05, 0.1) is 32.5 Å². The molecule has 2 fully saturated rings. The number of morpholine rings is 1. The molecular weight excluding hydrogens is 452 g/mol. The first-order chi connectivity index (χ1) is 16.6. The SMILES string of the molecule is CCOc1ccc2[nH]c(=O)c(CN(CCCN3CCOCC3)C(=S)NC[C@H]3CCCO3)cc2c1. The lowest BCUT2D eigenvalue weighted by atomic mass is 10.1. The van der Waals surface area contributed by atoms with Crippen molar-refractivity contribution in [2.45, 2.75) is 38.8 Å². The number of aromatic nitrogens is 1. The van der Waals surface area contributed by atoms with E-state index in [1.54, 1.807) is 0 Å². The van der Waals surface area contributed by atoms with Crippen LogP contribution in [0.3, 0.4) is 0 Å². The molecule has 2 aliphatic rings. The quantitative estimate of drug-likeness (QED) is 0.494. The molecule has 0 radical (unpaired) electrons. The zero-order valence-corrected chi connectivity index (χ0v) is 20.8. The van der Waals surface area contributed by atoms with Crippen molar-refractivity contribution in [1.82, 2.24) is 20.1 Å². The van der Waals surface area contributed by atoms with Gasteiger partial charge in [0, 0.05) is 55.8 Å². The zero-order valence-electron chi connectivity index (χ0n) is 20.0. The van der Waals surface area contributed by atoms with Crippen LogP contribution in [0.25, 0.3) is 10.9 Å². The van der Waals surface area contributed by atoms with E-state index in [-0.39, 0.29) is 11.7 Å². The highest BCUT2D eigenvalue weighted by Crippen LogP contribution is 2.20. The largest absolute Gasteiger partial charge is 0.494 e. The lowest BCUT2D eigenvalue weighted by Gasteiger charge is -2.30. The summed E-state index contributed by atoms with van der Waals surface area (Å²) in [6, 6.07) is 7.69. The second-order valence-corrected chi connectivity index (χ2v) is 9.24. The fraction of sp³-hybridized carbons (Fsp3) is 0.600. The standard InChI is InChI=1S/C25H36N4O4S/c1-2-32-21-6-7-23-19(16-21)15-20(24(30)27-23)18-29(9-4-8-28-10-13-31-14-11-28)25(34)26-17-22-5-3-12-33-22/h6-7,15-16,22H,2-5,8-14,17-18H2,1H3,(H,26,34)(H,27,30)/t22-/m1/s1. The normalized spacial score (nSPS) is 18.8. The molecule has 0 saturated carbocycles. The van der Waals surface area contributed by atoms with Gasteiger partial charge in [-0.1, -0.05) is 0 Å². The van der Waals surface area contributed by atoms with Gasteiger partial charge in [-0.3, -0.25) is 9.69 Å². The maximum absolute atomic E-state index is 12.9. The van der Waals surface area contributed by atoms with Crippen molar-refractivity contribution in [1.29, 1.82) is 0 Å². The number of hydrogen-bond donors (Lipinski definition) is 2. The molecular formula is C25H36N4O4S. The van der Waals surface area contributed by atoms with E-state index in [0.29, 0.717) is 30.4 Å². The van der Waals surface area contributed by atoms with Crippen molar-refractivity contribution in [2.75, 3.05) is 59.2 Å². The van der Waals surface area contributed by atoms with Crippen molar-refractivity contribution in [3.05, 3.63) is 40.2 Å². The van der Waals surface area contributed by atoms with Crippen LogP contribution >= 0.6 is 12.2 Å². The number of fused-ring (bicyclic) bond motifs is 1. The number of aromatic amines is 1. The van der Waals surface area contributed by atoms with Crippen molar-refractivity contribution in [3.8, 4) is 5.75 Å². The molecule has 2 saturated heterocycles. The maximum atomic E-state index is 12.9. The van der Waals surface area contributed by atoms with Gasteiger partial charge in [0.1, 0.15) is 5.75 Å². The van der Waals surface area contributed by atoms with Gasteiger partial charge in [-0.2, -0.15) is 0 Å². The van der Waals surface area contributed by atoms with Gasteiger partial charge in [-0.15, -0.1) is 0 Å². The molecule has 2 N–H and O–H groups in total. The van der Waals surface area contributed by atoms with E-state index in [4.69, 9.17) is 26.4 Å². The molecule has 34 heavy (non-hydrogen) atoms. The zero-order chi connectivity index (χ0) is 23.8. The average molecular weight is 489 g/mol. The Balaban J connectivity index is 1.45. The monoisotopic (exact) mass is 488 g/mol. The molecule has 0 spiro atoms. The molecule has 8 nitrogen and oxygen atoms in total. The van der Waals surface area contributed by atoms with Crippen LogP contribution in [0.5, 0.6) is 5.75 Å². The van der Waals surface area contributed by atoms with E-state index in [1.807, 2.05) is 31.2 Å². The van der Waals surface area contributed by atoms with Gasteiger partial charge in [-0.05, 0) is 62.7 Å². The van der Waals surface area contributed by atoms with Gasteiger partial charge in [0.2, 0.25) is 0 Å². The summed E-state index contributed by atoms with van der Waals surface area (Å²) in [6.07, 6.45) is 3.31. The van der Waals surface area contributed by atoms with Gasteiger partial charge in [0.15, 0.2) is 5.11 Å². The third kappa shape index (κ3) is 6.91. The van der Waals surface area contributed by atoms with Crippen LogP contribution in [0.4, 0.5) is 0 Å². The van der Waals surface area contributed by atoms with Crippen LogP contribution in [0.15, 0.2) is 29.1 Å². The Kier molecular flexibility index (Phi) is 9.15. The van der Waals surface area contributed by atoms with Crippen LogP contribution in [-0.2, 0) is 16.0 Å². The lowest BCUT2D eigenvalue weighted by Crippen LogP contribution is -2.44. The molecule has 9 heteroatoms. The van der Waals surface area contributed by atoms with E-state index in [1.165, 1.54) is 0 Å². The number of rotatable bonds is 10. The van der Waals surface area contributed by atoms with Gasteiger partial charge in [0.25, 0.3) is 5.56 Å². The van der Waals surface area contributed by atoms with Crippen molar-refractivity contribution < 1.29 is 14.2 Å². The van der Waals surface area contributed by atoms with Crippen LogP contribution in [0, 0.1) is 0 Å². The minimum Gasteiger partial charge on any atom is -0.494 e. The van der Waals surface area contributed by atoms with Gasteiger partial charge >= 0.3 is 0 Å². The fourth-order valence-electron chi connectivity index (χ4n) is 4.49. The second-order valence-electron chi connectivity index (χ2n) is 8.86. The molecule has 0 amide bonds. The summed E-state index contributed by atoms with van der Waals surface area (Å²) in [6.45, 7) is 9.80. The summed E-state index contributed by atoms with van der Waals surface area (Å²) in [5.74, 6) is 0.795. The molecule has 3 heterocycles. The Labute approximate surface area is 206 Å². The highest BCUT2D eigenvalue weighted by Gasteiger charge is 2.19. The van der Waals surface area contributed by atoms with Crippen LogP contribution in [0.1, 0.15) is 31.7 Å². The molecule has 0 bridgehead atoms. The summed E-state index contributed by atoms with van der Waals surface area (Å²) in [7, 11) is 0. The number of pyridine rings is 1. The third-order valence-electron chi connectivity index (χ3n) is 6.36. The number of thiocarbonyl (C=S) groups is 1. The molecule has 0 unspecified atom stereocenters. The predicted octanol–water partition coefficient (Wildman–Crippen LogP) is 2.50. The Morgan fingerprint density at radius 3 is 2.91 bits per heavy atom. The topological polar surface area (TPSA) is 79.1 Å². The average Bonchev–Trinajstić information content (AvgIpc) is 3.37. The summed E-state index contributed by atoms with van der Waals surface area (Å²) in [5.41, 5.74) is 1.40. The van der Waals surface area contributed by atoms with E-state index in [0.717, 1.165) is 81.9 Å². The number of hydrogen-bond acceptors (Lipinski definition) is 6. The Morgan fingerprint density at radius 1 is 1.29 bits per heavy atom. The van der Waals surface area contributed by atoms with Crippen molar-refractivity contribution in [3.63, 3.8) is 0 Å². The van der Waals surface area contributed by atoms with Gasteiger partial charge in [-0.25, -0.2) is 0 Å². The molecule has 1 atom stereocenters. The lowest BCUT2D eigenvalue weighted by molar-refractivity contribution is 0.0367. The summed E-state index contributed by atoms with van der Waals surface area (Å²) < 4.78 is 16.8. The number of nitrogens with zero attached hydrogens (tertiary/aromatic N) is 2. The Hall–Kier alpha value is -2.20. The predicted molar refractivity (Wildman–Crippen MR) is 138 cm³/mol. The molecule has 0 aliphatic carbocycles. The number of ether oxygens (including phenoxy) is 3. The molecule has 1 aromatic heterocycles.